The molecule has 16 heavy (non-hydrogen) atoms. The van der Waals surface area contributed by atoms with Crippen LogP contribution in [-0.4, -0.2) is 27.9 Å². The molecular formula is C11H14O5. The normalized spacial score (nSPS) is 10.1. The monoisotopic (exact) mass is 226 g/mol. The molecule has 0 bridgehead atoms. The van der Waals surface area contributed by atoms with Crippen molar-refractivity contribution in [3.05, 3.63) is 17.7 Å². The van der Waals surface area contributed by atoms with Gasteiger partial charge >= 0.3 is 5.97 Å². The molecule has 0 atom stereocenters. The second-order valence-corrected chi connectivity index (χ2v) is 3.25. The van der Waals surface area contributed by atoms with Gasteiger partial charge in [-0.05, 0) is 25.0 Å². The molecule has 0 fully saturated rings. The number of rotatable bonds is 4. The summed E-state index contributed by atoms with van der Waals surface area (Å²) < 4.78 is 4.72. The van der Waals surface area contributed by atoms with Crippen molar-refractivity contribution in [2.45, 2.75) is 19.8 Å². The Morgan fingerprint density at radius 1 is 1.25 bits per heavy atom. The number of esters is 1. The Morgan fingerprint density at radius 2 is 1.94 bits per heavy atom. The standard InChI is InChI=1S/C11H14O5/c1-2-16-9(13)6-4-7-3-5-8(12)11(15)10(7)14/h3,5,12,14-15H,2,4,6H2,1H3. The number of aromatic hydroxyl groups is 3. The van der Waals surface area contributed by atoms with Gasteiger partial charge < -0.3 is 20.1 Å². The fraction of sp³-hybridized carbons (Fsp3) is 0.364. The van der Waals surface area contributed by atoms with Crippen LogP contribution in [0.2, 0.25) is 0 Å². The van der Waals surface area contributed by atoms with Crippen molar-refractivity contribution < 1.29 is 24.9 Å². The molecule has 0 aliphatic rings. The highest BCUT2D eigenvalue weighted by molar-refractivity contribution is 5.70. The molecule has 0 saturated heterocycles. The zero-order valence-corrected chi connectivity index (χ0v) is 8.93. The van der Waals surface area contributed by atoms with Crippen molar-refractivity contribution in [1.29, 1.82) is 0 Å². The van der Waals surface area contributed by atoms with Gasteiger partial charge in [0.15, 0.2) is 11.5 Å². The molecule has 5 heteroatoms. The van der Waals surface area contributed by atoms with Crippen LogP contribution in [0.1, 0.15) is 18.9 Å². The van der Waals surface area contributed by atoms with Crippen molar-refractivity contribution in [3.63, 3.8) is 0 Å². The Morgan fingerprint density at radius 3 is 2.56 bits per heavy atom. The third-order valence-electron chi connectivity index (χ3n) is 2.12. The van der Waals surface area contributed by atoms with Crippen LogP contribution in [0.15, 0.2) is 12.1 Å². The first kappa shape index (κ1) is 12.2. The summed E-state index contributed by atoms with van der Waals surface area (Å²) in [5.41, 5.74) is 0.392. The minimum atomic E-state index is -0.568. The number of hydrogen-bond donors (Lipinski definition) is 3. The van der Waals surface area contributed by atoms with Crippen LogP contribution in [0.5, 0.6) is 17.2 Å². The predicted octanol–water partition coefficient (Wildman–Crippen LogP) is 1.30. The Bertz CT molecular complexity index is 386. The number of hydrogen-bond acceptors (Lipinski definition) is 5. The minimum absolute atomic E-state index is 0.117. The number of aryl methyl sites for hydroxylation is 1. The van der Waals surface area contributed by atoms with E-state index in [-0.39, 0.29) is 18.8 Å². The fourth-order valence-electron chi connectivity index (χ4n) is 1.28. The third-order valence-corrected chi connectivity index (χ3v) is 2.12. The van der Waals surface area contributed by atoms with Crippen LogP contribution in [0, 0.1) is 0 Å². The summed E-state index contributed by atoms with van der Waals surface area (Å²) in [5, 5.41) is 27.8. The maximum absolute atomic E-state index is 11.1. The van der Waals surface area contributed by atoms with Gasteiger partial charge in [0.25, 0.3) is 0 Å². The second kappa shape index (κ2) is 5.25. The summed E-state index contributed by atoms with van der Waals surface area (Å²) in [7, 11) is 0. The van der Waals surface area contributed by atoms with Gasteiger partial charge in [-0.1, -0.05) is 6.07 Å². The van der Waals surface area contributed by atoms with E-state index in [4.69, 9.17) is 9.84 Å². The number of ether oxygens (including phenoxy) is 1. The Balaban J connectivity index is 2.68. The predicted molar refractivity (Wildman–Crippen MR) is 56.4 cm³/mol. The average molecular weight is 226 g/mol. The molecule has 0 radical (unpaired) electrons. The van der Waals surface area contributed by atoms with Gasteiger partial charge in [-0.3, -0.25) is 4.79 Å². The van der Waals surface area contributed by atoms with Gasteiger partial charge in [0.1, 0.15) is 0 Å². The number of carbonyl (C=O) groups is 1. The Hall–Kier alpha value is -1.91. The molecule has 0 amide bonds. The lowest BCUT2D eigenvalue weighted by Gasteiger charge is -2.07. The summed E-state index contributed by atoms with van der Waals surface area (Å²) >= 11 is 0. The first-order chi connectivity index (χ1) is 7.56. The third kappa shape index (κ3) is 2.79. The van der Waals surface area contributed by atoms with Gasteiger partial charge in [0, 0.05) is 6.42 Å². The van der Waals surface area contributed by atoms with E-state index in [2.05, 4.69) is 0 Å². The molecular weight excluding hydrogens is 212 g/mol. The maximum Gasteiger partial charge on any atom is 0.306 e. The van der Waals surface area contributed by atoms with E-state index >= 15 is 0 Å². The molecule has 88 valence electrons. The van der Waals surface area contributed by atoms with Gasteiger partial charge in [-0.2, -0.15) is 0 Å². The van der Waals surface area contributed by atoms with Crippen LogP contribution in [0.3, 0.4) is 0 Å². The molecule has 0 unspecified atom stereocenters. The van der Waals surface area contributed by atoms with Crippen molar-refractivity contribution in [2.24, 2.45) is 0 Å². The van der Waals surface area contributed by atoms with E-state index in [9.17, 15) is 15.0 Å². The molecule has 3 N–H and O–H groups in total. The lowest BCUT2D eigenvalue weighted by atomic mass is 10.1. The minimum Gasteiger partial charge on any atom is -0.504 e. The zero-order valence-electron chi connectivity index (χ0n) is 8.93. The Labute approximate surface area is 92.9 Å². The van der Waals surface area contributed by atoms with E-state index in [1.165, 1.54) is 12.1 Å². The summed E-state index contributed by atoms with van der Waals surface area (Å²) in [4.78, 5) is 11.1. The highest BCUT2D eigenvalue weighted by atomic mass is 16.5. The SMILES string of the molecule is CCOC(=O)CCc1ccc(O)c(O)c1O. The molecule has 5 nitrogen and oxygen atoms in total. The summed E-state index contributed by atoms with van der Waals surface area (Å²) in [6.07, 6.45) is 0.365. The Kier molecular flexibility index (Phi) is 3.99. The van der Waals surface area contributed by atoms with Gasteiger partial charge in [-0.15, -0.1) is 0 Å². The number of benzene rings is 1. The largest absolute Gasteiger partial charge is 0.504 e. The van der Waals surface area contributed by atoms with Gasteiger partial charge in [0.2, 0.25) is 5.75 Å². The van der Waals surface area contributed by atoms with Crippen molar-refractivity contribution in [1.82, 2.24) is 0 Å². The van der Waals surface area contributed by atoms with Crippen LogP contribution in [0.4, 0.5) is 0 Å². The first-order valence-corrected chi connectivity index (χ1v) is 4.94. The highest BCUT2D eigenvalue weighted by Gasteiger charge is 2.12. The number of phenolic OH excluding ortho intramolecular Hbond substituents is 3. The van der Waals surface area contributed by atoms with E-state index < -0.39 is 17.2 Å². The molecule has 0 aromatic heterocycles. The molecule has 1 aromatic rings. The molecule has 0 aliphatic heterocycles. The van der Waals surface area contributed by atoms with Crippen molar-refractivity contribution in [3.8, 4) is 17.2 Å². The fourth-order valence-corrected chi connectivity index (χ4v) is 1.28. The molecule has 0 aliphatic carbocycles. The van der Waals surface area contributed by atoms with E-state index in [1.807, 2.05) is 0 Å². The van der Waals surface area contributed by atoms with Crippen LogP contribution >= 0.6 is 0 Å². The van der Waals surface area contributed by atoms with Crippen molar-refractivity contribution in [2.75, 3.05) is 6.61 Å². The summed E-state index contributed by atoms with van der Waals surface area (Å²) in [5.74, 6) is -1.72. The average Bonchev–Trinajstić information content (AvgIpc) is 2.25. The van der Waals surface area contributed by atoms with Crippen LogP contribution in [0.25, 0.3) is 0 Å². The van der Waals surface area contributed by atoms with Gasteiger partial charge in [-0.25, -0.2) is 0 Å². The molecule has 0 heterocycles. The lowest BCUT2D eigenvalue weighted by molar-refractivity contribution is -0.143. The zero-order chi connectivity index (χ0) is 12.1. The smallest absolute Gasteiger partial charge is 0.306 e. The van der Waals surface area contributed by atoms with Crippen LogP contribution < -0.4 is 0 Å². The van der Waals surface area contributed by atoms with E-state index in [1.54, 1.807) is 6.92 Å². The molecule has 0 saturated carbocycles. The molecule has 0 spiro atoms. The highest BCUT2D eigenvalue weighted by Crippen LogP contribution is 2.37. The topological polar surface area (TPSA) is 87.0 Å². The maximum atomic E-state index is 11.1. The summed E-state index contributed by atoms with van der Waals surface area (Å²) in [6, 6.07) is 2.71. The first-order valence-electron chi connectivity index (χ1n) is 4.94. The van der Waals surface area contributed by atoms with Crippen LogP contribution in [-0.2, 0) is 16.0 Å². The second-order valence-electron chi connectivity index (χ2n) is 3.25. The summed E-state index contributed by atoms with van der Waals surface area (Å²) in [6.45, 7) is 2.02. The van der Waals surface area contributed by atoms with Crippen molar-refractivity contribution >= 4 is 5.97 Å². The van der Waals surface area contributed by atoms with Gasteiger partial charge in [0.05, 0.1) is 6.61 Å². The number of carbonyl (C=O) groups excluding carboxylic acids is 1. The lowest BCUT2D eigenvalue weighted by Crippen LogP contribution is -2.05. The van der Waals surface area contributed by atoms with E-state index in [0.717, 1.165) is 0 Å². The molecule has 1 aromatic carbocycles. The quantitative estimate of drug-likeness (QED) is 0.532. The molecule has 1 rings (SSSR count). The number of phenols is 3. The van der Waals surface area contributed by atoms with E-state index in [0.29, 0.717) is 12.2 Å².